The molecule has 188 valence electrons. The summed E-state index contributed by atoms with van der Waals surface area (Å²) in [4.78, 5) is 32.4. The van der Waals surface area contributed by atoms with Crippen molar-refractivity contribution in [2.45, 2.75) is 26.8 Å². The Bertz CT molecular complexity index is 1600. The Balaban J connectivity index is 1.78. The molecule has 2 heterocycles. The number of halogens is 2. The topological polar surface area (TPSA) is 79.7 Å². The number of amides is 1. The van der Waals surface area contributed by atoms with Crippen LogP contribution in [0.2, 0.25) is 0 Å². The average Bonchev–Trinajstić information content (AvgIpc) is 3.36. The number of benzene rings is 3. The zero-order chi connectivity index (χ0) is 26.6. The fraction of sp³-hybridized carbons (Fsp3) is 0.179. The van der Waals surface area contributed by atoms with Crippen molar-refractivity contribution in [1.82, 2.24) is 4.98 Å². The lowest BCUT2D eigenvalue weighted by atomic mass is 9.93. The van der Waals surface area contributed by atoms with Gasteiger partial charge in [0.2, 0.25) is 0 Å². The number of hydrogen-bond donors (Lipinski definition) is 1. The number of ether oxygens (including phenoxy) is 1. The zero-order valence-electron chi connectivity index (χ0n) is 20.4. The predicted molar refractivity (Wildman–Crippen MR) is 138 cm³/mol. The number of thiazole rings is 1. The van der Waals surface area contributed by atoms with Crippen LogP contribution in [-0.2, 0) is 9.59 Å². The summed E-state index contributed by atoms with van der Waals surface area (Å²) in [5.74, 6) is -3.92. The molecule has 6 nitrogen and oxygen atoms in total. The summed E-state index contributed by atoms with van der Waals surface area (Å²) in [6.45, 7) is 5.53. The lowest BCUT2D eigenvalue weighted by Gasteiger charge is -2.23. The van der Waals surface area contributed by atoms with E-state index in [9.17, 15) is 23.5 Å². The highest BCUT2D eigenvalue weighted by Gasteiger charge is 2.48. The van der Waals surface area contributed by atoms with Crippen molar-refractivity contribution >= 4 is 44.1 Å². The van der Waals surface area contributed by atoms with Gasteiger partial charge in [0.1, 0.15) is 11.5 Å². The highest BCUT2D eigenvalue weighted by Crippen LogP contribution is 2.45. The van der Waals surface area contributed by atoms with Gasteiger partial charge in [-0.1, -0.05) is 47.2 Å². The van der Waals surface area contributed by atoms with Gasteiger partial charge >= 0.3 is 5.91 Å². The number of aliphatic hydroxyl groups excluding tert-OH is 1. The monoisotopic (exact) mass is 520 g/mol. The fourth-order valence-corrected chi connectivity index (χ4v) is 5.75. The molecule has 1 aliphatic rings. The van der Waals surface area contributed by atoms with E-state index in [-0.39, 0.29) is 27.5 Å². The Labute approximate surface area is 215 Å². The largest absolute Gasteiger partial charge is 0.507 e. The van der Waals surface area contributed by atoms with E-state index >= 15 is 0 Å². The number of fused-ring (bicyclic) bond motifs is 1. The molecule has 1 aromatic heterocycles. The molecule has 1 saturated heterocycles. The molecule has 0 aliphatic carbocycles. The van der Waals surface area contributed by atoms with Gasteiger partial charge in [-0.25, -0.2) is 13.8 Å². The van der Waals surface area contributed by atoms with Crippen LogP contribution in [0.4, 0.5) is 13.9 Å². The number of Topliss-reactive ketones (excluding diaryl/α,β-unsaturated/α-hetero) is 1. The summed E-state index contributed by atoms with van der Waals surface area (Å²) in [5, 5.41) is 11.6. The van der Waals surface area contributed by atoms with Crippen LogP contribution in [0.15, 0.2) is 54.1 Å². The molecule has 3 aromatic carbocycles. The molecule has 1 aliphatic heterocycles. The van der Waals surface area contributed by atoms with Crippen molar-refractivity contribution in [1.29, 1.82) is 0 Å². The molecule has 0 spiro atoms. The molecule has 1 fully saturated rings. The smallest absolute Gasteiger partial charge is 0.301 e. The van der Waals surface area contributed by atoms with Crippen LogP contribution >= 0.6 is 11.3 Å². The van der Waals surface area contributed by atoms with Crippen LogP contribution in [-0.4, -0.2) is 28.9 Å². The highest BCUT2D eigenvalue weighted by molar-refractivity contribution is 7.22. The molecule has 4 aromatic rings. The average molecular weight is 521 g/mol. The number of carbonyl (C=O) groups is 2. The van der Waals surface area contributed by atoms with Crippen LogP contribution in [0.3, 0.4) is 0 Å². The van der Waals surface area contributed by atoms with Gasteiger partial charge in [0.05, 0.1) is 34.5 Å². The van der Waals surface area contributed by atoms with Crippen molar-refractivity contribution in [3.05, 3.63) is 93.6 Å². The third-order valence-corrected chi connectivity index (χ3v) is 7.32. The second-order valence-corrected chi connectivity index (χ2v) is 9.99. The third-order valence-electron chi connectivity index (χ3n) is 6.31. The van der Waals surface area contributed by atoms with Gasteiger partial charge in [-0.15, -0.1) is 0 Å². The maximum atomic E-state index is 13.9. The van der Waals surface area contributed by atoms with Gasteiger partial charge in [-0.2, -0.15) is 0 Å². The molecule has 37 heavy (non-hydrogen) atoms. The Morgan fingerprint density at radius 3 is 2.46 bits per heavy atom. The van der Waals surface area contributed by atoms with Crippen molar-refractivity contribution < 1.29 is 28.2 Å². The van der Waals surface area contributed by atoms with Crippen LogP contribution in [0.25, 0.3) is 16.0 Å². The molecular weight excluding hydrogens is 498 g/mol. The summed E-state index contributed by atoms with van der Waals surface area (Å²) in [6, 6.07) is 11.7. The highest BCUT2D eigenvalue weighted by atomic mass is 32.1. The first kappa shape index (κ1) is 24.6. The van der Waals surface area contributed by atoms with E-state index in [4.69, 9.17) is 4.74 Å². The van der Waals surface area contributed by atoms with E-state index in [1.54, 1.807) is 18.2 Å². The molecule has 1 atom stereocenters. The van der Waals surface area contributed by atoms with Gasteiger partial charge in [-0.3, -0.25) is 14.5 Å². The first-order chi connectivity index (χ1) is 17.6. The maximum absolute atomic E-state index is 13.9. The number of methoxy groups -OCH3 is 1. The molecule has 5 rings (SSSR count). The van der Waals surface area contributed by atoms with E-state index in [2.05, 4.69) is 4.98 Å². The minimum atomic E-state index is -1.07. The zero-order valence-corrected chi connectivity index (χ0v) is 21.2. The molecule has 9 heteroatoms. The van der Waals surface area contributed by atoms with Gasteiger partial charge in [0, 0.05) is 6.07 Å². The number of rotatable bonds is 4. The number of ketones is 1. The summed E-state index contributed by atoms with van der Waals surface area (Å²) in [7, 11) is 1.46. The Hall–Kier alpha value is -4.11. The molecule has 0 bridgehead atoms. The van der Waals surface area contributed by atoms with Crippen LogP contribution in [0, 0.1) is 32.4 Å². The van der Waals surface area contributed by atoms with E-state index in [1.807, 2.05) is 39.0 Å². The van der Waals surface area contributed by atoms with Crippen molar-refractivity contribution in [3.63, 3.8) is 0 Å². The lowest BCUT2D eigenvalue weighted by molar-refractivity contribution is -0.132. The summed E-state index contributed by atoms with van der Waals surface area (Å²) >= 11 is 0.954. The van der Waals surface area contributed by atoms with Gasteiger partial charge in [0.15, 0.2) is 16.8 Å². The predicted octanol–water partition coefficient (Wildman–Crippen LogP) is 6.13. The molecule has 0 saturated carbocycles. The number of aromatic nitrogens is 1. The molecular formula is C28H22F2N2O4S. The van der Waals surface area contributed by atoms with E-state index < -0.39 is 29.4 Å². The number of anilines is 1. The Morgan fingerprint density at radius 1 is 1.03 bits per heavy atom. The Kier molecular flexibility index (Phi) is 6.03. The summed E-state index contributed by atoms with van der Waals surface area (Å²) in [5.41, 5.74) is 3.33. The van der Waals surface area contributed by atoms with Crippen LogP contribution in [0.5, 0.6) is 5.75 Å². The quantitative estimate of drug-likeness (QED) is 0.199. The summed E-state index contributed by atoms with van der Waals surface area (Å²) < 4.78 is 33.6. The maximum Gasteiger partial charge on any atom is 0.301 e. The number of aryl methyl sites for hydroxylation is 3. The van der Waals surface area contributed by atoms with Crippen molar-refractivity contribution in [2.75, 3.05) is 12.0 Å². The van der Waals surface area contributed by atoms with E-state index in [0.717, 1.165) is 40.2 Å². The second-order valence-electron chi connectivity index (χ2n) is 8.98. The molecule has 1 amide bonds. The van der Waals surface area contributed by atoms with Crippen LogP contribution < -0.4 is 9.64 Å². The standard InChI is InChI=1S/C28H22F2N2O4S/c1-13-6-5-7-16(9-13)23-22(24(33)17-10-14(2)8-15(3)26(17)36-4)25(34)27(35)32(23)28-31-20-11-18(29)19(30)12-21(20)37-28/h5-12,23,33H,1-4H3/b24-22+. The third kappa shape index (κ3) is 4.05. The molecule has 1 N–H and O–H groups in total. The van der Waals surface area contributed by atoms with Gasteiger partial charge in [0.25, 0.3) is 5.78 Å². The van der Waals surface area contributed by atoms with Crippen molar-refractivity contribution in [2.24, 2.45) is 0 Å². The first-order valence-corrected chi connectivity index (χ1v) is 12.2. The number of aliphatic hydroxyl groups is 1. The minimum Gasteiger partial charge on any atom is -0.507 e. The molecule has 1 unspecified atom stereocenters. The second kappa shape index (κ2) is 9.08. The van der Waals surface area contributed by atoms with Crippen LogP contribution in [0.1, 0.15) is 33.9 Å². The minimum absolute atomic E-state index is 0.0834. The fourth-order valence-electron chi connectivity index (χ4n) is 4.75. The SMILES string of the molecule is COc1c(C)cc(C)cc1/C(O)=C1\C(=O)C(=O)N(c2nc3cc(F)c(F)cc3s2)C1c1cccc(C)c1. The normalized spacial score (nSPS) is 17.1. The number of hydrogen-bond acceptors (Lipinski definition) is 6. The summed E-state index contributed by atoms with van der Waals surface area (Å²) in [6.07, 6.45) is 0. The number of carbonyl (C=O) groups excluding carboxylic acids is 2. The van der Waals surface area contributed by atoms with Gasteiger partial charge in [-0.05, 0) is 49.6 Å². The lowest BCUT2D eigenvalue weighted by Crippen LogP contribution is -2.29. The van der Waals surface area contributed by atoms with E-state index in [0.29, 0.717) is 16.0 Å². The van der Waals surface area contributed by atoms with Gasteiger partial charge < -0.3 is 9.84 Å². The number of nitrogens with zero attached hydrogens (tertiary/aromatic N) is 2. The first-order valence-electron chi connectivity index (χ1n) is 11.4. The molecule has 0 radical (unpaired) electrons. The Morgan fingerprint density at radius 2 is 1.76 bits per heavy atom. The van der Waals surface area contributed by atoms with Crippen molar-refractivity contribution in [3.8, 4) is 5.75 Å². The van der Waals surface area contributed by atoms with E-state index in [1.165, 1.54) is 12.0 Å².